The summed E-state index contributed by atoms with van der Waals surface area (Å²) in [5.74, 6) is 0. The van der Waals surface area contributed by atoms with Crippen LogP contribution < -0.4 is 4.90 Å². The molecule has 1 heterocycles. The molecule has 0 saturated carbocycles. The van der Waals surface area contributed by atoms with Gasteiger partial charge >= 0.3 is 0 Å². The normalized spacial score (nSPS) is 13.5. The molecule has 78 heavy (non-hydrogen) atoms. The topological polar surface area (TPSA) is 8.17 Å². The molecule has 0 spiro atoms. The number of aromatic nitrogens is 1. The predicted molar refractivity (Wildman–Crippen MR) is 327 cm³/mol. The van der Waals surface area contributed by atoms with Crippen molar-refractivity contribution in [2.45, 2.75) is 24.7 Å². The van der Waals surface area contributed by atoms with E-state index in [1.165, 1.54) is 88.6 Å². The lowest BCUT2D eigenvalue weighted by atomic mass is 9.67. The van der Waals surface area contributed by atoms with E-state index in [9.17, 15) is 0 Å². The molecule has 15 rings (SSSR count). The Morgan fingerprint density at radius 2 is 0.833 bits per heavy atom. The summed E-state index contributed by atoms with van der Waals surface area (Å²) in [5.41, 5.74) is 26.2. The van der Waals surface area contributed by atoms with Crippen LogP contribution in [0.25, 0.3) is 83.1 Å². The van der Waals surface area contributed by atoms with Gasteiger partial charge in [0.25, 0.3) is 0 Å². The van der Waals surface area contributed by atoms with Gasteiger partial charge in [0.05, 0.1) is 22.1 Å². The maximum absolute atomic E-state index is 2.49. The molecule has 0 amide bonds. The molecule has 0 unspecified atom stereocenters. The number of benzene rings is 12. The molecule has 0 atom stereocenters. The van der Waals surface area contributed by atoms with Crippen LogP contribution >= 0.6 is 0 Å². The van der Waals surface area contributed by atoms with Crippen molar-refractivity contribution in [3.8, 4) is 61.3 Å². The fourth-order valence-electron chi connectivity index (χ4n) is 13.5. The molecule has 2 heteroatoms. The van der Waals surface area contributed by atoms with Crippen LogP contribution in [-0.4, -0.2) is 4.57 Å². The maximum atomic E-state index is 2.49. The summed E-state index contributed by atoms with van der Waals surface area (Å²) in [6, 6.07) is 108. The quantitative estimate of drug-likeness (QED) is 0.140. The molecule has 0 saturated heterocycles. The van der Waals surface area contributed by atoms with E-state index in [1.54, 1.807) is 0 Å². The van der Waals surface area contributed by atoms with Crippen LogP contribution in [0, 0.1) is 0 Å². The Bertz CT molecular complexity index is 4430. The van der Waals surface area contributed by atoms with Crippen molar-refractivity contribution < 1.29 is 0 Å². The van der Waals surface area contributed by atoms with Crippen LogP contribution in [0.4, 0.5) is 17.1 Å². The first-order chi connectivity index (χ1) is 38.4. The Labute approximate surface area is 456 Å². The SMILES string of the molecule is CC1(C)c2ccccc2-c2cc(N(c3cccc(-c4ccccc4)c3)c3ccccc3-c3cccc(-c4ccc5c6ccccc6n(-c6ccc7c(c6)C(c6ccccc6)(c6ccccc6)c6ccccc6-7)c5c4)c3)ccc21. The summed E-state index contributed by atoms with van der Waals surface area (Å²) in [5, 5.41) is 2.46. The van der Waals surface area contributed by atoms with Gasteiger partial charge in [-0.15, -0.1) is 0 Å². The highest BCUT2D eigenvalue weighted by Crippen LogP contribution is 2.57. The van der Waals surface area contributed by atoms with Crippen LogP contribution in [0.3, 0.4) is 0 Å². The molecule has 13 aromatic rings. The molecule has 368 valence electrons. The molecular formula is C76H54N2. The fraction of sp³-hybridized carbons (Fsp3) is 0.0526. The minimum Gasteiger partial charge on any atom is -0.310 e. The van der Waals surface area contributed by atoms with Gasteiger partial charge in [0.15, 0.2) is 0 Å². The summed E-state index contributed by atoms with van der Waals surface area (Å²) >= 11 is 0. The predicted octanol–water partition coefficient (Wildman–Crippen LogP) is 19.9. The first kappa shape index (κ1) is 45.6. The zero-order valence-electron chi connectivity index (χ0n) is 43.6. The van der Waals surface area contributed by atoms with Gasteiger partial charge in [-0.05, 0) is 144 Å². The maximum Gasteiger partial charge on any atom is 0.0714 e. The van der Waals surface area contributed by atoms with Gasteiger partial charge < -0.3 is 9.47 Å². The Balaban J connectivity index is 0.883. The Morgan fingerprint density at radius 3 is 1.60 bits per heavy atom. The van der Waals surface area contributed by atoms with Crippen LogP contribution in [-0.2, 0) is 10.8 Å². The number of rotatable bonds is 9. The van der Waals surface area contributed by atoms with E-state index in [2.05, 4.69) is 315 Å². The summed E-state index contributed by atoms with van der Waals surface area (Å²) in [6.07, 6.45) is 0. The van der Waals surface area contributed by atoms with Crippen molar-refractivity contribution in [2.75, 3.05) is 4.90 Å². The third-order valence-electron chi connectivity index (χ3n) is 17.1. The second-order valence-corrected chi connectivity index (χ2v) is 21.6. The van der Waals surface area contributed by atoms with Crippen molar-refractivity contribution >= 4 is 38.9 Å². The molecule has 2 aliphatic rings. The number of anilines is 3. The molecule has 0 aliphatic heterocycles. The first-order valence-corrected chi connectivity index (χ1v) is 27.2. The standard InChI is InChI=1S/C76H54N2/c1-75(2)68-36-16-12-34-63(68)67-49-59(42-45-69(67)75)77(58-31-21-25-53(47-58)51-22-6-3-7-23-51)72-38-18-14-32-61(72)55-26-20-24-52(46-55)54-40-43-66-65-35-15-19-39-73(65)78(74(66)48-54)60-41-44-64-62-33-13-17-37-70(62)76(71(64)50-60,56-27-8-4-9-28-56)57-29-10-5-11-30-57/h3-50H,1-2H3. The monoisotopic (exact) mass is 994 g/mol. The highest BCUT2D eigenvalue weighted by atomic mass is 15.1. The van der Waals surface area contributed by atoms with Gasteiger partial charge in [-0.25, -0.2) is 0 Å². The number of fused-ring (bicyclic) bond motifs is 9. The van der Waals surface area contributed by atoms with Crippen LogP contribution in [0.2, 0.25) is 0 Å². The molecule has 0 radical (unpaired) electrons. The largest absolute Gasteiger partial charge is 0.310 e. The lowest BCUT2D eigenvalue weighted by Gasteiger charge is -2.34. The molecule has 1 aromatic heterocycles. The lowest BCUT2D eigenvalue weighted by Crippen LogP contribution is -2.28. The minimum absolute atomic E-state index is 0.0947. The molecule has 12 aromatic carbocycles. The molecular weight excluding hydrogens is 941 g/mol. The Hall–Kier alpha value is -9.76. The van der Waals surface area contributed by atoms with Crippen molar-refractivity contribution in [1.82, 2.24) is 4.57 Å². The van der Waals surface area contributed by atoms with E-state index in [0.717, 1.165) is 45.0 Å². The molecule has 0 bridgehead atoms. The Morgan fingerprint density at radius 1 is 0.295 bits per heavy atom. The lowest BCUT2D eigenvalue weighted by molar-refractivity contribution is 0.660. The number of nitrogens with zero attached hydrogens (tertiary/aromatic N) is 2. The molecule has 2 nitrogen and oxygen atoms in total. The Kier molecular flexibility index (Phi) is 10.5. The van der Waals surface area contributed by atoms with E-state index >= 15 is 0 Å². The van der Waals surface area contributed by atoms with Gasteiger partial charge in [-0.3, -0.25) is 0 Å². The van der Waals surface area contributed by atoms with Gasteiger partial charge in [0.2, 0.25) is 0 Å². The summed E-state index contributed by atoms with van der Waals surface area (Å²) < 4.78 is 2.49. The minimum atomic E-state index is -0.506. The zero-order chi connectivity index (χ0) is 52.0. The van der Waals surface area contributed by atoms with Crippen molar-refractivity contribution in [2.24, 2.45) is 0 Å². The van der Waals surface area contributed by atoms with E-state index in [-0.39, 0.29) is 5.41 Å². The highest BCUT2D eigenvalue weighted by Gasteiger charge is 2.46. The number of hydrogen-bond donors (Lipinski definition) is 0. The number of para-hydroxylation sites is 2. The summed E-state index contributed by atoms with van der Waals surface area (Å²) in [4.78, 5) is 2.46. The third kappa shape index (κ3) is 6.96. The molecule has 2 aliphatic carbocycles. The van der Waals surface area contributed by atoms with Crippen molar-refractivity contribution in [3.05, 3.63) is 325 Å². The van der Waals surface area contributed by atoms with Crippen molar-refractivity contribution in [1.29, 1.82) is 0 Å². The smallest absolute Gasteiger partial charge is 0.0714 e. The third-order valence-corrected chi connectivity index (χ3v) is 17.1. The average molecular weight is 995 g/mol. The zero-order valence-corrected chi connectivity index (χ0v) is 43.6. The summed E-state index contributed by atoms with van der Waals surface area (Å²) in [7, 11) is 0. The summed E-state index contributed by atoms with van der Waals surface area (Å²) in [6.45, 7) is 4.71. The van der Waals surface area contributed by atoms with Gasteiger partial charge in [-0.2, -0.15) is 0 Å². The van der Waals surface area contributed by atoms with Gasteiger partial charge in [0, 0.05) is 38.8 Å². The number of hydrogen-bond acceptors (Lipinski definition) is 1. The van der Waals surface area contributed by atoms with Gasteiger partial charge in [0.1, 0.15) is 0 Å². The fourth-order valence-corrected chi connectivity index (χ4v) is 13.5. The highest BCUT2D eigenvalue weighted by molar-refractivity contribution is 6.10. The second kappa shape index (κ2) is 17.9. The first-order valence-electron chi connectivity index (χ1n) is 27.2. The van der Waals surface area contributed by atoms with Crippen LogP contribution in [0.15, 0.2) is 291 Å². The van der Waals surface area contributed by atoms with Gasteiger partial charge in [-0.1, -0.05) is 244 Å². The average Bonchev–Trinajstić information content (AvgIpc) is 4.26. The van der Waals surface area contributed by atoms with E-state index in [0.29, 0.717) is 0 Å². The molecule has 0 N–H and O–H groups in total. The van der Waals surface area contributed by atoms with Crippen LogP contribution in [0.5, 0.6) is 0 Å². The molecule has 0 fully saturated rings. The van der Waals surface area contributed by atoms with E-state index in [4.69, 9.17) is 0 Å². The van der Waals surface area contributed by atoms with Crippen molar-refractivity contribution in [3.63, 3.8) is 0 Å². The van der Waals surface area contributed by atoms with E-state index in [1.807, 2.05) is 0 Å². The van der Waals surface area contributed by atoms with Crippen LogP contribution in [0.1, 0.15) is 47.2 Å². The van der Waals surface area contributed by atoms with E-state index < -0.39 is 5.41 Å². The second-order valence-electron chi connectivity index (χ2n) is 21.6.